The van der Waals surface area contributed by atoms with Crippen molar-refractivity contribution in [2.45, 2.75) is 31.7 Å². The van der Waals surface area contributed by atoms with E-state index in [2.05, 4.69) is 20.4 Å². The molecule has 0 saturated heterocycles. The third-order valence-electron chi connectivity index (χ3n) is 4.92. The highest BCUT2D eigenvalue weighted by Gasteiger charge is 2.27. The van der Waals surface area contributed by atoms with Crippen molar-refractivity contribution in [1.29, 1.82) is 0 Å². The molecule has 0 radical (unpaired) electrons. The van der Waals surface area contributed by atoms with E-state index in [1.165, 1.54) is 0 Å². The number of hydrogen-bond donors (Lipinski definition) is 3. The van der Waals surface area contributed by atoms with E-state index in [-0.39, 0.29) is 18.2 Å². The molecule has 1 aliphatic rings. The number of nitrogens with zero attached hydrogens (tertiary/aromatic N) is 3. The number of fused-ring (bicyclic) bond motifs is 1. The van der Waals surface area contributed by atoms with Gasteiger partial charge in [-0.3, -0.25) is 9.78 Å². The van der Waals surface area contributed by atoms with Crippen LogP contribution < -0.4 is 10.9 Å². The summed E-state index contributed by atoms with van der Waals surface area (Å²) in [5, 5.41) is 17.4. The fourth-order valence-corrected chi connectivity index (χ4v) is 3.66. The zero-order valence-corrected chi connectivity index (χ0v) is 13.9. The average molecular weight is 339 g/mol. The number of anilines is 1. The van der Waals surface area contributed by atoms with Gasteiger partial charge in [-0.15, -0.1) is 0 Å². The highest BCUT2D eigenvalue weighted by atomic mass is 16.3. The number of aliphatic hydroxyl groups is 1. The minimum absolute atomic E-state index is 0.187. The molecule has 0 bridgehead atoms. The van der Waals surface area contributed by atoms with Crippen LogP contribution in [0.1, 0.15) is 25.7 Å². The molecule has 1 saturated carbocycles. The Morgan fingerprint density at radius 3 is 2.92 bits per heavy atom. The number of rotatable bonds is 5. The standard InChI is InChI=1S/C18H21N5O2/c24-10-9-12-5-4-8-15(12)20-18-21-16-14(17(25)22-18)11-19-23(16)13-6-2-1-3-7-13/h1-3,6-7,11-12,15,24H,4-5,8-10H2,(H2,20,21,22,25). The molecule has 7 heteroatoms. The van der Waals surface area contributed by atoms with Crippen molar-refractivity contribution in [3.63, 3.8) is 0 Å². The Morgan fingerprint density at radius 2 is 2.12 bits per heavy atom. The van der Waals surface area contributed by atoms with Crippen molar-refractivity contribution >= 4 is 17.0 Å². The molecule has 7 nitrogen and oxygen atoms in total. The predicted octanol–water partition coefficient (Wildman–Crippen LogP) is 2.07. The maximum Gasteiger partial charge on any atom is 0.263 e. The smallest absolute Gasteiger partial charge is 0.263 e. The topological polar surface area (TPSA) is 95.8 Å². The summed E-state index contributed by atoms with van der Waals surface area (Å²) in [4.78, 5) is 19.8. The van der Waals surface area contributed by atoms with E-state index in [9.17, 15) is 9.90 Å². The second kappa shape index (κ2) is 6.68. The van der Waals surface area contributed by atoms with E-state index < -0.39 is 0 Å². The van der Waals surface area contributed by atoms with Gasteiger partial charge in [-0.25, -0.2) is 4.68 Å². The quantitative estimate of drug-likeness (QED) is 0.661. The summed E-state index contributed by atoms with van der Waals surface area (Å²) in [6.07, 6.45) is 5.54. The lowest BCUT2D eigenvalue weighted by Gasteiger charge is -2.20. The molecule has 2 aromatic heterocycles. The van der Waals surface area contributed by atoms with Gasteiger partial charge in [0.15, 0.2) is 5.65 Å². The molecular weight excluding hydrogens is 318 g/mol. The van der Waals surface area contributed by atoms with Gasteiger partial charge >= 0.3 is 0 Å². The lowest BCUT2D eigenvalue weighted by molar-refractivity contribution is 0.254. The summed E-state index contributed by atoms with van der Waals surface area (Å²) in [5.41, 5.74) is 1.20. The van der Waals surface area contributed by atoms with E-state index in [1.807, 2.05) is 30.3 Å². The van der Waals surface area contributed by atoms with Gasteiger partial charge in [0, 0.05) is 12.6 Å². The van der Waals surface area contributed by atoms with Crippen LogP contribution in [0.5, 0.6) is 0 Å². The number of aliphatic hydroxyl groups excluding tert-OH is 1. The molecule has 0 spiro atoms. The number of aromatic nitrogens is 4. The summed E-state index contributed by atoms with van der Waals surface area (Å²) in [6, 6.07) is 9.86. The van der Waals surface area contributed by atoms with Crippen LogP contribution in [0.25, 0.3) is 16.7 Å². The SMILES string of the molecule is O=c1[nH]c(NC2CCCC2CCO)nc2c1cnn2-c1ccccc1. The Morgan fingerprint density at radius 1 is 1.28 bits per heavy atom. The summed E-state index contributed by atoms with van der Waals surface area (Å²) < 4.78 is 1.68. The fraction of sp³-hybridized carbons (Fsp3) is 0.389. The van der Waals surface area contributed by atoms with Gasteiger partial charge in [0.1, 0.15) is 5.39 Å². The van der Waals surface area contributed by atoms with Crippen LogP contribution in [0.3, 0.4) is 0 Å². The van der Waals surface area contributed by atoms with Gasteiger partial charge in [0.05, 0.1) is 11.9 Å². The maximum absolute atomic E-state index is 12.4. The van der Waals surface area contributed by atoms with Crippen LogP contribution >= 0.6 is 0 Å². The second-order valence-electron chi connectivity index (χ2n) is 6.50. The zero-order chi connectivity index (χ0) is 17.2. The third kappa shape index (κ3) is 3.02. The molecule has 2 unspecified atom stereocenters. The average Bonchev–Trinajstić information content (AvgIpc) is 3.24. The summed E-state index contributed by atoms with van der Waals surface area (Å²) in [6.45, 7) is 0.187. The normalized spacial score (nSPS) is 20.2. The van der Waals surface area contributed by atoms with Crippen LogP contribution in [-0.2, 0) is 0 Å². The van der Waals surface area contributed by atoms with Crippen LogP contribution in [0, 0.1) is 5.92 Å². The molecule has 0 aliphatic heterocycles. The molecule has 1 aromatic carbocycles. The first-order chi connectivity index (χ1) is 12.3. The van der Waals surface area contributed by atoms with Crippen molar-refractivity contribution in [1.82, 2.24) is 19.7 Å². The molecule has 2 heterocycles. The number of nitrogens with one attached hydrogen (secondary N) is 2. The van der Waals surface area contributed by atoms with Crippen LogP contribution in [-0.4, -0.2) is 37.5 Å². The molecule has 0 amide bonds. The monoisotopic (exact) mass is 339 g/mol. The first-order valence-corrected chi connectivity index (χ1v) is 8.67. The van der Waals surface area contributed by atoms with E-state index in [1.54, 1.807) is 10.9 Å². The number of para-hydroxylation sites is 1. The molecule has 2 atom stereocenters. The lowest BCUT2D eigenvalue weighted by Crippen LogP contribution is -2.27. The van der Waals surface area contributed by atoms with Crippen LogP contribution in [0.15, 0.2) is 41.3 Å². The summed E-state index contributed by atoms with van der Waals surface area (Å²) in [5.74, 6) is 0.870. The molecular formula is C18H21N5O2. The fourth-order valence-electron chi connectivity index (χ4n) is 3.66. The number of H-pyrrole nitrogens is 1. The third-order valence-corrected chi connectivity index (χ3v) is 4.92. The number of benzene rings is 1. The minimum atomic E-state index is -0.202. The van der Waals surface area contributed by atoms with E-state index in [4.69, 9.17) is 0 Å². The largest absolute Gasteiger partial charge is 0.396 e. The van der Waals surface area contributed by atoms with Crippen molar-refractivity contribution in [2.75, 3.05) is 11.9 Å². The van der Waals surface area contributed by atoms with Crippen LogP contribution in [0.2, 0.25) is 0 Å². The molecule has 1 fully saturated rings. The van der Waals surface area contributed by atoms with Crippen molar-refractivity contribution in [3.05, 3.63) is 46.9 Å². The highest BCUT2D eigenvalue weighted by Crippen LogP contribution is 2.30. The maximum atomic E-state index is 12.4. The second-order valence-corrected chi connectivity index (χ2v) is 6.50. The molecule has 3 aromatic rings. The molecule has 4 rings (SSSR count). The summed E-state index contributed by atoms with van der Waals surface area (Å²) in [7, 11) is 0. The minimum Gasteiger partial charge on any atom is -0.396 e. The van der Waals surface area contributed by atoms with Gasteiger partial charge in [-0.2, -0.15) is 10.1 Å². The Balaban J connectivity index is 1.70. The van der Waals surface area contributed by atoms with Crippen molar-refractivity contribution < 1.29 is 5.11 Å². The van der Waals surface area contributed by atoms with Gasteiger partial charge in [0.25, 0.3) is 5.56 Å². The van der Waals surface area contributed by atoms with Crippen molar-refractivity contribution in [3.8, 4) is 5.69 Å². The van der Waals surface area contributed by atoms with E-state index >= 15 is 0 Å². The molecule has 3 N–H and O–H groups in total. The highest BCUT2D eigenvalue weighted by molar-refractivity contribution is 5.76. The lowest BCUT2D eigenvalue weighted by atomic mass is 10.0. The molecule has 1 aliphatic carbocycles. The van der Waals surface area contributed by atoms with Gasteiger partial charge in [-0.1, -0.05) is 24.6 Å². The zero-order valence-electron chi connectivity index (χ0n) is 13.9. The Hall–Kier alpha value is -2.67. The molecule has 130 valence electrons. The number of aromatic amines is 1. The van der Waals surface area contributed by atoms with E-state index in [0.29, 0.717) is 22.9 Å². The van der Waals surface area contributed by atoms with Gasteiger partial charge in [-0.05, 0) is 37.3 Å². The van der Waals surface area contributed by atoms with Crippen molar-refractivity contribution in [2.24, 2.45) is 5.92 Å². The first-order valence-electron chi connectivity index (χ1n) is 8.67. The number of hydrogen-bond acceptors (Lipinski definition) is 5. The first kappa shape index (κ1) is 15.8. The van der Waals surface area contributed by atoms with Gasteiger partial charge in [0.2, 0.25) is 5.95 Å². The summed E-state index contributed by atoms with van der Waals surface area (Å²) >= 11 is 0. The Kier molecular flexibility index (Phi) is 4.23. The Labute approximate surface area is 144 Å². The van der Waals surface area contributed by atoms with E-state index in [0.717, 1.165) is 31.4 Å². The predicted molar refractivity (Wildman–Crippen MR) is 95.9 cm³/mol. The molecule has 25 heavy (non-hydrogen) atoms. The Bertz CT molecular complexity index is 918. The van der Waals surface area contributed by atoms with Gasteiger partial charge < -0.3 is 10.4 Å². The van der Waals surface area contributed by atoms with Crippen LogP contribution in [0.4, 0.5) is 5.95 Å².